The van der Waals surface area contributed by atoms with Gasteiger partial charge in [0.2, 0.25) is 0 Å². The number of aromatic nitrogens is 8. The van der Waals surface area contributed by atoms with Crippen LogP contribution in [0, 0.1) is 61.4 Å². The molecule has 20 aromatic rings. The number of aryl methyl sites for hydroxylation is 1. The van der Waals surface area contributed by atoms with Crippen LogP contribution < -0.4 is 0 Å². The Balaban J connectivity index is 0.000000170. The second-order valence-electron chi connectivity index (χ2n) is 28.9. The molecule has 8 nitrogen and oxygen atoms in total. The van der Waals surface area contributed by atoms with Gasteiger partial charge in [-0.15, -0.1) is 286 Å². The molecule has 12 heteroatoms. The maximum atomic E-state index is 4.42. The Kier molecular flexibility index (Phi) is 44.3. The molecule has 0 amide bonds. The zero-order valence-corrected chi connectivity index (χ0v) is 82.2. The SMILES string of the molecule is CCC(CC)Cc1ccc(-c2cc[c-]c(-c3ccccn3)c2)cc1.Cc1cccc(-c2[c-]cccc2)n1.[Ir].[Ir].[Ir].[Ir].[c-]1ccc(-c2ccccc2)cc1-c1ccccn1.[c-]1ccccc1-c1cc(-c2ccccc2)ccn1.[c-]1ccccc1-c1cc(-c2ccccc2)ccn1.[c-]1ccccc1-c1ccccn1.[c-]1ccccc1-c1ccccn1.[c-]1ccccc1-c1ccccn1. The van der Waals surface area contributed by atoms with Crippen LogP contribution in [0.5, 0.6) is 0 Å². The van der Waals surface area contributed by atoms with Gasteiger partial charge in [0, 0.05) is 129 Å². The van der Waals surface area contributed by atoms with Crippen LogP contribution in [0.2, 0.25) is 0 Å². The molecule has 20 rings (SSSR count). The Hall–Kier alpha value is -13.6. The average molecular weight is 2400 g/mol. The van der Waals surface area contributed by atoms with E-state index < -0.39 is 0 Å². The molecule has 8 heterocycles. The summed E-state index contributed by atoms with van der Waals surface area (Å²) in [5, 5.41) is 0. The van der Waals surface area contributed by atoms with Crippen LogP contribution >= 0.6 is 0 Å². The van der Waals surface area contributed by atoms with Gasteiger partial charge in [-0.05, 0) is 152 Å². The smallest absolute Gasteiger partial charge is 0.0266 e. The Labute approximate surface area is 827 Å². The van der Waals surface area contributed by atoms with E-state index in [2.05, 4.69) is 199 Å². The van der Waals surface area contributed by atoms with Crippen molar-refractivity contribution in [3.63, 3.8) is 0 Å². The first-order chi connectivity index (χ1) is 62.9. The van der Waals surface area contributed by atoms with Crippen molar-refractivity contribution >= 4 is 0 Å². The van der Waals surface area contributed by atoms with Crippen molar-refractivity contribution in [2.24, 2.45) is 5.92 Å². The van der Waals surface area contributed by atoms with Crippen molar-refractivity contribution in [3.8, 4) is 135 Å². The van der Waals surface area contributed by atoms with E-state index in [0.717, 1.165) is 102 Å². The molecular formula is C119H94Ir4N8-8. The van der Waals surface area contributed by atoms with E-state index in [0.29, 0.717) is 0 Å². The van der Waals surface area contributed by atoms with Gasteiger partial charge in [-0.3, -0.25) is 0 Å². The van der Waals surface area contributed by atoms with E-state index >= 15 is 0 Å². The summed E-state index contributed by atoms with van der Waals surface area (Å²) in [6, 6.07) is 169. The predicted octanol–water partition coefficient (Wildman–Crippen LogP) is 29.3. The van der Waals surface area contributed by atoms with Crippen molar-refractivity contribution in [2.75, 3.05) is 0 Å². The molecule has 8 aromatic heterocycles. The summed E-state index contributed by atoms with van der Waals surface area (Å²) in [4.78, 5) is 34.6. The van der Waals surface area contributed by atoms with Crippen LogP contribution in [-0.4, -0.2) is 39.9 Å². The van der Waals surface area contributed by atoms with Gasteiger partial charge < -0.3 is 39.9 Å². The van der Waals surface area contributed by atoms with E-state index in [1.165, 1.54) is 69.3 Å². The van der Waals surface area contributed by atoms with Crippen LogP contribution in [0.15, 0.2) is 474 Å². The molecule has 0 unspecified atom stereocenters. The molecule has 0 aliphatic rings. The van der Waals surface area contributed by atoms with Gasteiger partial charge in [0.25, 0.3) is 0 Å². The minimum atomic E-state index is 0. The summed E-state index contributed by atoms with van der Waals surface area (Å²) in [7, 11) is 0. The van der Waals surface area contributed by atoms with E-state index in [9.17, 15) is 0 Å². The average Bonchev–Trinajstić information content (AvgIpc) is 0.841. The number of benzene rings is 12. The van der Waals surface area contributed by atoms with Crippen molar-refractivity contribution in [1.29, 1.82) is 0 Å². The van der Waals surface area contributed by atoms with Crippen LogP contribution in [0.3, 0.4) is 0 Å². The first-order valence-corrected chi connectivity index (χ1v) is 42.4. The van der Waals surface area contributed by atoms with Crippen LogP contribution in [-0.2, 0) is 86.8 Å². The summed E-state index contributed by atoms with van der Waals surface area (Å²) in [5.74, 6) is 0.790. The monoisotopic (exact) mass is 2410 g/mol. The summed E-state index contributed by atoms with van der Waals surface area (Å²) in [5.41, 5.74) is 28.1. The fourth-order valence-electron chi connectivity index (χ4n) is 13.4. The third-order valence-electron chi connectivity index (χ3n) is 20.1. The normalized spacial score (nSPS) is 9.86. The minimum absolute atomic E-state index is 0. The molecule has 0 N–H and O–H groups in total. The van der Waals surface area contributed by atoms with Gasteiger partial charge >= 0.3 is 0 Å². The molecule has 0 fully saturated rings. The summed E-state index contributed by atoms with van der Waals surface area (Å²) < 4.78 is 0. The van der Waals surface area contributed by atoms with Gasteiger partial charge in [-0.1, -0.05) is 227 Å². The van der Waals surface area contributed by atoms with E-state index in [-0.39, 0.29) is 80.4 Å². The fourth-order valence-corrected chi connectivity index (χ4v) is 13.4. The predicted molar refractivity (Wildman–Crippen MR) is 522 cm³/mol. The van der Waals surface area contributed by atoms with Gasteiger partial charge in [0.1, 0.15) is 0 Å². The van der Waals surface area contributed by atoms with E-state index in [1.54, 1.807) is 24.8 Å². The number of nitrogens with zero attached hydrogens (tertiary/aromatic N) is 8. The van der Waals surface area contributed by atoms with Crippen molar-refractivity contribution < 1.29 is 80.4 Å². The molecule has 0 aliphatic heterocycles. The molecule has 0 aliphatic carbocycles. The molecule has 4 radical (unpaired) electrons. The number of pyridine rings is 8. The van der Waals surface area contributed by atoms with Crippen LogP contribution in [0.1, 0.15) is 37.9 Å². The van der Waals surface area contributed by atoms with E-state index in [1.807, 2.05) is 359 Å². The molecular weight excluding hydrogens is 2310 g/mol. The number of hydrogen-bond acceptors (Lipinski definition) is 8. The van der Waals surface area contributed by atoms with Gasteiger partial charge in [0.15, 0.2) is 0 Å². The van der Waals surface area contributed by atoms with Gasteiger partial charge in [0.05, 0.1) is 0 Å². The molecule has 0 saturated heterocycles. The molecule has 0 atom stereocenters. The number of hydrogen-bond donors (Lipinski definition) is 0. The Morgan fingerprint density at radius 3 is 0.748 bits per heavy atom. The summed E-state index contributed by atoms with van der Waals surface area (Å²) in [6.07, 6.45) is 16.4. The van der Waals surface area contributed by atoms with Crippen molar-refractivity contribution in [3.05, 3.63) is 534 Å². The largest absolute Gasteiger partial charge is 0.305 e. The minimum Gasteiger partial charge on any atom is -0.305 e. The molecule has 0 saturated carbocycles. The topological polar surface area (TPSA) is 103 Å². The number of rotatable bonds is 16. The fraction of sp³-hybridized carbons (Fsp3) is 0.0588. The molecule has 131 heavy (non-hydrogen) atoms. The second-order valence-corrected chi connectivity index (χ2v) is 28.9. The maximum Gasteiger partial charge on any atom is 0.0266 e. The van der Waals surface area contributed by atoms with Gasteiger partial charge in [-0.25, -0.2) is 0 Å². The Morgan fingerprint density at radius 2 is 0.458 bits per heavy atom. The quantitative estimate of drug-likeness (QED) is 0.0882. The molecule has 654 valence electrons. The molecule has 12 aromatic carbocycles. The van der Waals surface area contributed by atoms with Crippen LogP contribution in [0.25, 0.3) is 135 Å². The Bertz CT molecular complexity index is 5710. The third kappa shape index (κ3) is 33.2. The molecule has 0 spiro atoms. The Morgan fingerprint density at radius 1 is 0.198 bits per heavy atom. The standard InChI is InChI=1S/C23H24N.3C17H12N.C12H10N.3C11H8N.4Ir/c1-3-18(4-2)16-19-11-13-20(14-12-19)21-8-7-9-22(17-21)23-10-5-6-15-24-23;2*1-3-7-14(8-4-1)16-11-12-18-17(13-16)15-9-5-2-6-10-15;1-2-7-14(8-3-1)15-9-6-10-16(13-15)17-11-4-5-12-18-17;1-10-6-5-9-12(13-10)11-7-3-2-4-8-11;3*1-2-6-10(7-3-1)11-8-4-5-9-12-11;;;;/h5-8,10-15,17-18H,3-4,16H2,1-2H3;3*1-9,11-13H;2-7,9H,1H3;3*1-6,8-9H;;;;/q8*-1;;;;. The third-order valence-corrected chi connectivity index (χ3v) is 20.1. The van der Waals surface area contributed by atoms with Gasteiger partial charge in [-0.2, -0.15) is 0 Å². The first-order valence-electron chi connectivity index (χ1n) is 42.4. The van der Waals surface area contributed by atoms with Crippen molar-refractivity contribution in [2.45, 2.75) is 40.0 Å². The molecule has 0 bridgehead atoms. The summed E-state index contributed by atoms with van der Waals surface area (Å²) >= 11 is 0. The first kappa shape index (κ1) is 101. The van der Waals surface area contributed by atoms with Crippen LogP contribution in [0.4, 0.5) is 0 Å². The zero-order valence-electron chi connectivity index (χ0n) is 72.6. The second kappa shape index (κ2) is 57.4. The summed E-state index contributed by atoms with van der Waals surface area (Å²) in [6.45, 7) is 6.55. The zero-order chi connectivity index (χ0) is 87.2. The maximum absolute atomic E-state index is 4.42. The van der Waals surface area contributed by atoms with E-state index in [4.69, 9.17) is 0 Å². The van der Waals surface area contributed by atoms with Crippen molar-refractivity contribution in [1.82, 2.24) is 39.9 Å².